The van der Waals surface area contributed by atoms with Crippen LogP contribution in [0.1, 0.15) is 47.2 Å². The molecule has 1 aromatic rings. The van der Waals surface area contributed by atoms with Crippen molar-refractivity contribution in [3.05, 3.63) is 34.3 Å². The molecule has 0 fully saturated rings. The number of carbonyl (C=O) groups excluding carboxylic acids is 3. The van der Waals surface area contributed by atoms with Gasteiger partial charge >= 0.3 is 17.8 Å². The van der Waals surface area contributed by atoms with Crippen molar-refractivity contribution in [2.45, 2.75) is 32.9 Å². The third kappa shape index (κ3) is 2.72. The fourth-order valence-corrected chi connectivity index (χ4v) is 2.09. The molecule has 22 heavy (non-hydrogen) atoms. The van der Waals surface area contributed by atoms with Crippen molar-refractivity contribution in [1.29, 1.82) is 0 Å². The second-order valence-electron chi connectivity index (χ2n) is 5.75. The van der Waals surface area contributed by atoms with Crippen molar-refractivity contribution in [3.8, 4) is 0 Å². The van der Waals surface area contributed by atoms with E-state index in [0.29, 0.717) is 4.73 Å². The number of esters is 1. The number of hydrogen-bond donors (Lipinski definition) is 0. The molecule has 0 radical (unpaired) electrons. The molecule has 0 bridgehead atoms. The number of pyridine rings is 1. The van der Waals surface area contributed by atoms with E-state index >= 15 is 0 Å². The van der Waals surface area contributed by atoms with Crippen LogP contribution in [0.15, 0.2) is 12.3 Å². The summed E-state index contributed by atoms with van der Waals surface area (Å²) in [6, 6.07) is 1.27. The second-order valence-corrected chi connectivity index (χ2v) is 5.75. The fraction of sp³-hybridized carbons (Fsp3) is 0.429. The number of methoxy groups -OCH3 is 1. The van der Waals surface area contributed by atoms with Crippen LogP contribution >= 0.6 is 0 Å². The summed E-state index contributed by atoms with van der Waals surface area (Å²) in [5.41, 5.74) is -0.812. The number of amides is 2. The van der Waals surface area contributed by atoms with Crippen molar-refractivity contribution in [1.82, 2.24) is 4.90 Å². The van der Waals surface area contributed by atoms with Gasteiger partial charge in [0.05, 0.1) is 24.8 Å². The first-order valence-electron chi connectivity index (χ1n) is 6.54. The number of nitrogens with zero attached hydrogens (tertiary/aromatic N) is 2. The molecule has 0 unspecified atom stereocenters. The molecule has 1 aromatic heterocycles. The van der Waals surface area contributed by atoms with Crippen LogP contribution in [0.2, 0.25) is 0 Å². The lowest BCUT2D eigenvalue weighted by molar-refractivity contribution is -0.608. The Morgan fingerprint density at radius 2 is 2.00 bits per heavy atom. The van der Waals surface area contributed by atoms with Crippen molar-refractivity contribution in [2.24, 2.45) is 0 Å². The smallest absolute Gasteiger partial charge is 0.417 e. The van der Waals surface area contributed by atoms with Gasteiger partial charge in [0.1, 0.15) is 5.60 Å². The number of aromatic nitrogens is 1. The van der Waals surface area contributed by atoms with Crippen LogP contribution in [0.4, 0.5) is 4.79 Å². The summed E-state index contributed by atoms with van der Waals surface area (Å²) >= 11 is 0. The van der Waals surface area contributed by atoms with Gasteiger partial charge in [0.25, 0.3) is 5.91 Å². The zero-order chi connectivity index (χ0) is 16.7. The molecule has 2 rings (SSSR count). The molecule has 0 aromatic carbocycles. The summed E-state index contributed by atoms with van der Waals surface area (Å²) in [5, 5.41) is 11.8. The summed E-state index contributed by atoms with van der Waals surface area (Å²) in [5.74, 6) is -1.49. The van der Waals surface area contributed by atoms with Gasteiger partial charge < -0.3 is 14.7 Å². The molecular weight excluding hydrogens is 292 g/mol. The van der Waals surface area contributed by atoms with Gasteiger partial charge in [-0.25, -0.2) is 14.5 Å². The van der Waals surface area contributed by atoms with Gasteiger partial charge in [-0.2, -0.15) is 4.73 Å². The maximum Gasteiger partial charge on any atom is 0.417 e. The molecule has 0 atom stereocenters. The van der Waals surface area contributed by atoms with Gasteiger partial charge in [-0.1, -0.05) is 0 Å². The van der Waals surface area contributed by atoms with Crippen LogP contribution in [0.3, 0.4) is 0 Å². The van der Waals surface area contributed by atoms with E-state index in [-0.39, 0.29) is 23.4 Å². The van der Waals surface area contributed by atoms with E-state index < -0.39 is 23.6 Å². The highest BCUT2D eigenvalue weighted by molar-refractivity contribution is 6.08. The van der Waals surface area contributed by atoms with Crippen molar-refractivity contribution < 1.29 is 28.6 Å². The SMILES string of the molecule is COC(=O)c1c2c(cc[n+]1[O-])C(=O)N(C(=O)OC(C)(C)C)C2. The summed E-state index contributed by atoms with van der Waals surface area (Å²) in [6.45, 7) is 4.80. The molecule has 2 heterocycles. The van der Waals surface area contributed by atoms with Crippen LogP contribution in [-0.4, -0.2) is 35.6 Å². The van der Waals surface area contributed by atoms with Gasteiger partial charge in [-0.3, -0.25) is 4.79 Å². The summed E-state index contributed by atoms with van der Waals surface area (Å²) in [7, 11) is 1.13. The average molecular weight is 308 g/mol. The Kier molecular flexibility index (Phi) is 3.78. The minimum absolute atomic E-state index is 0.110. The molecule has 2 amide bonds. The van der Waals surface area contributed by atoms with Gasteiger partial charge in [-0.15, -0.1) is 0 Å². The molecule has 8 heteroatoms. The van der Waals surface area contributed by atoms with Crippen molar-refractivity contribution >= 4 is 18.0 Å². The standard InChI is InChI=1S/C14H16N2O6/c1-14(2,3)22-13(19)15-7-9-8(11(15)17)5-6-16(20)10(9)12(18)21-4/h5-6H,7H2,1-4H3. The van der Waals surface area contributed by atoms with Crippen LogP contribution in [0.5, 0.6) is 0 Å². The van der Waals surface area contributed by atoms with Crippen LogP contribution in [0.25, 0.3) is 0 Å². The zero-order valence-electron chi connectivity index (χ0n) is 12.7. The molecule has 8 nitrogen and oxygen atoms in total. The van der Waals surface area contributed by atoms with Gasteiger partial charge in [0, 0.05) is 6.07 Å². The number of imide groups is 1. The topological polar surface area (TPSA) is 99.9 Å². The Morgan fingerprint density at radius 3 is 2.55 bits per heavy atom. The minimum atomic E-state index is -0.870. The molecule has 118 valence electrons. The number of ether oxygens (including phenoxy) is 2. The van der Waals surface area contributed by atoms with Crippen molar-refractivity contribution in [2.75, 3.05) is 7.11 Å². The van der Waals surface area contributed by atoms with Gasteiger partial charge in [0.2, 0.25) is 0 Å². The van der Waals surface area contributed by atoms with E-state index in [9.17, 15) is 19.6 Å². The van der Waals surface area contributed by atoms with E-state index in [1.807, 2.05) is 0 Å². The maximum absolute atomic E-state index is 12.3. The van der Waals surface area contributed by atoms with E-state index in [1.165, 1.54) is 6.07 Å². The molecule has 1 aliphatic rings. The highest BCUT2D eigenvalue weighted by atomic mass is 16.6. The molecule has 0 saturated heterocycles. The molecule has 0 N–H and O–H groups in total. The predicted molar refractivity (Wildman–Crippen MR) is 72.8 cm³/mol. The maximum atomic E-state index is 12.3. The summed E-state index contributed by atoms with van der Waals surface area (Å²) in [4.78, 5) is 36.9. The lowest BCUT2D eigenvalue weighted by Crippen LogP contribution is -2.37. The monoisotopic (exact) mass is 308 g/mol. The average Bonchev–Trinajstić information content (AvgIpc) is 2.73. The van der Waals surface area contributed by atoms with Crippen LogP contribution in [0, 0.1) is 5.21 Å². The Hall–Kier alpha value is -2.64. The first kappa shape index (κ1) is 15.7. The molecule has 0 spiro atoms. The van der Waals surface area contributed by atoms with E-state index in [0.717, 1.165) is 18.2 Å². The van der Waals surface area contributed by atoms with Crippen LogP contribution in [-0.2, 0) is 16.0 Å². The third-order valence-electron chi connectivity index (χ3n) is 2.99. The van der Waals surface area contributed by atoms with Gasteiger partial charge in [-0.05, 0) is 20.8 Å². The lowest BCUT2D eigenvalue weighted by atomic mass is 10.1. The number of fused-ring (bicyclic) bond motifs is 1. The lowest BCUT2D eigenvalue weighted by Gasteiger charge is -2.23. The van der Waals surface area contributed by atoms with Crippen LogP contribution < -0.4 is 4.73 Å². The zero-order valence-corrected chi connectivity index (χ0v) is 12.7. The highest BCUT2D eigenvalue weighted by Crippen LogP contribution is 2.26. The summed E-state index contributed by atoms with van der Waals surface area (Å²) in [6.07, 6.45) is 0.198. The first-order chi connectivity index (χ1) is 10.2. The number of rotatable bonds is 1. The Morgan fingerprint density at radius 1 is 1.36 bits per heavy atom. The molecule has 0 saturated carbocycles. The number of carbonyl (C=O) groups is 3. The third-order valence-corrected chi connectivity index (χ3v) is 2.99. The Balaban J connectivity index is 2.39. The minimum Gasteiger partial charge on any atom is -0.618 e. The fourth-order valence-electron chi connectivity index (χ4n) is 2.09. The second kappa shape index (κ2) is 5.28. The largest absolute Gasteiger partial charge is 0.618 e. The number of hydrogen-bond acceptors (Lipinski definition) is 6. The Bertz CT molecular complexity index is 662. The normalized spacial score (nSPS) is 13.8. The highest BCUT2D eigenvalue weighted by Gasteiger charge is 2.41. The molecular formula is C14H16N2O6. The van der Waals surface area contributed by atoms with E-state index in [1.54, 1.807) is 20.8 Å². The predicted octanol–water partition coefficient (Wildman–Crippen LogP) is 0.997. The van der Waals surface area contributed by atoms with Gasteiger partial charge in [0.15, 0.2) is 6.20 Å². The summed E-state index contributed by atoms with van der Waals surface area (Å²) < 4.78 is 10.0. The first-order valence-corrected chi connectivity index (χ1v) is 6.54. The quantitative estimate of drug-likeness (QED) is 0.436. The molecule has 1 aliphatic heterocycles. The molecule has 0 aliphatic carbocycles. The Labute approximate surface area is 126 Å². The van der Waals surface area contributed by atoms with Crippen molar-refractivity contribution in [3.63, 3.8) is 0 Å². The van der Waals surface area contributed by atoms with E-state index in [2.05, 4.69) is 4.74 Å². The van der Waals surface area contributed by atoms with E-state index in [4.69, 9.17) is 4.74 Å².